The minimum atomic E-state index is -0.505. The third-order valence-electron chi connectivity index (χ3n) is 6.82. The van der Waals surface area contributed by atoms with Gasteiger partial charge in [0.2, 0.25) is 5.91 Å². The summed E-state index contributed by atoms with van der Waals surface area (Å²) in [6.45, 7) is 4.80. The Morgan fingerprint density at radius 2 is 1.86 bits per heavy atom. The highest BCUT2D eigenvalue weighted by molar-refractivity contribution is 5.93. The molecule has 0 bridgehead atoms. The molecule has 2 aliphatic rings. The van der Waals surface area contributed by atoms with Gasteiger partial charge in [0.05, 0.1) is 42.0 Å². The highest BCUT2D eigenvalue weighted by Crippen LogP contribution is 2.28. The summed E-state index contributed by atoms with van der Waals surface area (Å²) in [6, 6.07) is 4.99. The van der Waals surface area contributed by atoms with Gasteiger partial charge in [-0.1, -0.05) is 0 Å². The van der Waals surface area contributed by atoms with E-state index in [2.05, 4.69) is 26.2 Å². The maximum Gasteiger partial charge on any atom is 0.326 e. The lowest BCUT2D eigenvalue weighted by Crippen LogP contribution is -2.41. The molecule has 2 saturated heterocycles. The van der Waals surface area contributed by atoms with Crippen molar-refractivity contribution in [2.24, 2.45) is 11.8 Å². The molecule has 4 rings (SSSR count). The van der Waals surface area contributed by atoms with Crippen LogP contribution in [0.25, 0.3) is 0 Å². The van der Waals surface area contributed by atoms with E-state index in [1.165, 1.54) is 16.8 Å². The van der Waals surface area contributed by atoms with Gasteiger partial charge in [-0.05, 0) is 44.7 Å². The van der Waals surface area contributed by atoms with Crippen molar-refractivity contribution in [1.29, 1.82) is 0 Å². The molecule has 1 amide bonds. The molecule has 0 aliphatic carbocycles. The van der Waals surface area contributed by atoms with Gasteiger partial charge in [0.1, 0.15) is 12.8 Å². The van der Waals surface area contributed by atoms with Gasteiger partial charge in [-0.25, -0.2) is 0 Å². The quantitative estimate of drug-likeness (QED) is 0.437. The predicted molar refractivity (Wildman–Crippen MR) is 136 cm³/mol. The number of rotatable bonds is 8. The van der Waals surface area contributed by atoms with Gasteiger partial charge in [0.15, 0.2) is 0 Å². The van der Waals surface area contributed by atoms with Crippen LogP contribution in [-0.2, 0) is 25.7 Å². The van der Waals surface area contributed by atoms with E-state index in [1.54, 1.807) is 13.0 Å². The Balaban J connectivity index is 1.39. The second-order valence-corrected chi connectivity index (χ2v) is 9.33. The molecule has 2 aliphatic heterocycles. The number of esters is 1. The number of nitrogens with one attached hydrogen (secondary N) is 1. The molecule has 1 N–H and O–H groups in total. The maximum atomic E-state index is 13.1. The molecular formula is C26H33N5O5. The number of nitrogens with zero attached hydrogens (tertiary/aromatic N) is 4. The van der Waals surface area contributed by atoms with Gasteiger partial charge in [-0.2, -0.15) is 0 Å². The van der Waals surface area contributed by atoms with E-state index >= 15 is 0 Å². The molecule has 4 heterocycles. The summed E-state index contributed by atoms with van der Waals surface area (Å²) in [4.78, 5) is 56.9. The van der Waals surface area contributed by atoms with Gasteiger partial charge >= 0.3 is 5.97 Å². The van der Waals surface area contributed by atoms with Crippen LogP contribution in [0, 0.1) is 11.8 Å². The van der Waals surface area contributed by atoms with Gasteiger partial charge in [0.25, 0.3) is 5.56 Å². The van der Waals surface area contributed by atoms with Crippen molar-refractivity contribution in [2.75, 3.05) is 47.9 Å². The molecular weight excluding hydrogens is 462 g/mol. The van der Waals surface area contributed by atoms with E-state index in [0.717, 1.165) is 63.0 Å². The monoisotopic (exact) mass is 495 g/mol. The van der Waals surface area contributed by atoms with Crippen LogP contribution < -0.4 is 20.7 Å². The van der Waals surface area contributed by atoms with Crippen LogP contribution >= 0.6 is 0 Å². The number of carbonyl (C=O) groups is 3. The lowest BCUT2D eigenvalue weighted by molar-refractivity contribution is -0.143. The van der Waals surface area contributed by atoms with E-state index in [0.29, 0.717) is 12.2 Å². The molecule has 0 radical (unpaired) electrons. The first kappa shape index (κ1) is 25.4. The summed E-state index contributed by atoms with van der Waals surface area (Å²) in [5.74, 6) is -0.713. The normalized spacial score (nSPS) is 18.5. The summed E-state index contributed by atoms with van der Waals surface area (Å²) >= 11 is 0. The summed E-state index contributed by atoms with van der Waals surface area (Å²) in [7, 11) is 0. The molecule has 10 heteroatoms. The van der Waals surface area contributed by atoms with Gasteiger partial charge in [-0.15, -0.1) is 0 Å². The van der Waals surface area contributed by atoms with Crippen LogP contribution in [0.5, 0.6) is 0 Å². The molecule has 0 unspecified atom stereocenters. The van der Waals surface area contributed by atoms with Crippen molar-refractivity contribution in [1.82, 2.24) is 9.55 Å². The summed E-state index contributed by atoms with van der Waals surface area (Å²) in [5, 5.41) is 2.90. The van der Waals surface area contributed by atoms with Crippen LogP contribution in [0.3, 0.4) is 0 Å². The van der Waals surface area contributed by atoms with E-state index in [9.17, 15) is 19.2 Å². The number of aromatic nitrogens is 2. The molecule has 0 aromatic carbocycles. The Morgan fingerprint density at radius 1 is 1.11 bits per heavy atom. The topological polar surface area (TPSA) is 114 Å². The minimum Gasteiger partial charge on any atom is -0.465 e. The minimum absolute atomic E-state index is 0.124. The average Bonchev–Trinajstić information content (AvgIpc) is 2.91. The molecule has 2 aromatic rings. The third-order valence-corrected chi connectivity index (χ3v) is 6.82. The smallest absolute Gasteiger partial charge is 0.326 e. The predicted octanol–water partition coefficient (Wildman–Crippen LogP) is 2.08. The van der Waals surface area contributed by atoms with Crippen LogP contribution in [0.15, 0.2) is 41.6 Å². The molecule has 1 atom stereocenters. The second-order valence-electron chi connectivity index (χ2n) is 9.33. The largest absolute Gasteiger partial charge is 0.465 e. The first-order valence-corrected chi connectivity index (χ1v) is 12.5. The number of aldehydes is 1. The highest BCUT2D eigenvalue weighted by Gasteiger charge is 2.27. The Bertz CT molecular complexity index is 1140. The van der Waals surface area contributed by atoms with E-state index in [1.807, 2.05) is 12.4 Å². The lowest BCUT2D eigenvalue weighted by Gasteiger charge is -2.35. The summed E-state index contributed by atoms with van der Waals surface area (Å²) < 4.78 is 6.15. The summed E-state index contributed by atoms with van der Waals surface area (Å²) in [5.41, 5.74) is 2.13. The number of pyridine rings is 2. The standard InChI is InChI=1S/C26H33N5O5/c1-2-36-25(34)17-31-16-21(5-6-24(31)33)28-26(35)20-4-3-9-30(15-20)23-12-22(13-27-14-23)29-10-7-19(18-32)8-11-29/h5-6,12-14,16,18-20H,2-4,7-11,15,17H2,1H3,(H,28,35)/t20-/m0/s1. The molecule has 2 fully saturated rings. The van der Waals surface area contributed by atoms with Crippen molar-refractivity contribution in [3.8, 4) is 0 Å². The third kappa shape index (κ3) is 6.30. The average molecular weight is 496 g/mol. The van der Waals surface area contributed by atoms with Crippen molar-refractivity contribution >= 4 is 35.2 Å². The number of piperidine rings is 2. The molecule has 192 valence electrons. The van der Waals surface area contributed by atoms with Crippen LogP contribution in [0.4, 0.5) is 17.1 Å². The zero-order chi connectivity index (χ0) is 25.5. The zero-order valence-electron chi connectivity index (χ0n) is 20.6. The highest BCUT2D eigenvalue weighted by atomic mass is 16.5. The first-order chi connectivity index (χ1) is 17.5. The molecule has 10 nitrogen and oxygen atoms in total. The fourth-order valence-corrected chi connectivity index (χ4v) is 4.80. The van der Waals surface area contributed by atoms with Crippen molar-refractivity contribution in [3.63, 3.8) is 0 Å². The zero-order valence-corrected chi connectivity index (χ0v) is 20.6. The maximum absolute atomic E-state index is 13.1. The van der Waals surface area contributed by atoms with E-state index in [4.69, 9.17) is 4.74 Å². The van der Waals surface area contributed by atoms with Crippen molar-refractivity contribution in [2.45, 2.75) is 39.2 Å². The number of anilines is 3. The number of carbonyl (C=O) groups excluding carboxylic acids is 3. The SMILES string of the molecule is CCOC(=O)Cn1cc(NC(=O)[C@H]2CCCN(c3cncc(N4CCC(C=O)CC4)c3)C2)ccc1=O. The molecule has 36 heavy (non-hydrogen) atoms. The van der Waals surface area contributed by atoms with Gasteiger partial charge in [0, 0.05) is 44.4 Å². The van der Waals surface area contributed by atoms with E-state index in [-0.39, 0.29) is 36.5 Å². The molecule has 0 saturated carbocycles. The van der Waals surface area contributed by atoms with Crippen molar-refractivity contribution < 1.29 is 19.1 Å². The fourth-order valence-electron chi connectivity index (χ4n) is 4.80. The lowest BCUT2D eigenvalue weighted by atomic mass is 9.96. The molecule has 0 spiro atoms. The molecule has 2 aromatic heterocycles. The van der Waals surface area contributed by atoms with Crippen LogP contribution in [-0.4, -0.2) is 60.5 Å². The van der Waals surface area contributed by atoms with Crippen molar-refractivity contribution in [3.05, 3.63) is 47.1 Å². The van der Waals surface area contributed by atoms with Crippen LogP contribution in [0.2, 0.25) is 0 Å². The second kappa shape index (κ2) is 11.8. The number of amides is 1. The Labute approximate surface area is 210 Å². The summed E-state index contributed by atoms with van der Waals surface area (Å²) in [6.07, 6.45) is 9.54. The first-order valence-electron chi connectivity index (χ1n) is 12.5. The Kier molecular flexibility index (Phi) is 8.35. The van der Waals surface area contributed by atoms with Crippen LogP contribution in [0.1, 0.15) is 32.6 Å². The fraction of sp³-hybridized carbons (Fsp3) is 0.500. The van der Waals surface area contributed by atoms with Gasteiger partial charge in [-0.3, -0.25) is 19.4 Å². The van der Waals surface area contributed by atoms with Gasteiger partial charge < -0.3 is 29.2 Å². The number of ether oxygens (including phenoxy) is 1. The number of hydrogen-bond donors (Lipinski definition) is 1. The Hall–Kier alpha value is -3.69. The van der Waals surface area contributed by atoms with E-state index < -0.39 is 5.97 Å². The Morgan fingerprint density at radius 3 is 2.58 bits per heavy atom. The number of hydrogen-bond acceptors (Lipinski definition) is 8.